The van der Waals surface area contributed by atoms with E-state index in [4.69, 9.17) is 0 Å². The van der Waals surface area contributed by atoms with Crippen molar-refractivity contribution in [3.63, 3.8) is 0 Å². The van der Waals surface area contributed by atoms with Gasteiger partial charge in [0.2, 0.25) is 5.88 Å². The van der Waals surface area contributed by atoms with E-state index in [1.165, 1.54) is 9.95 Å². The molecular formula is C10H16N2O2S. The van der Waals surface area contributed by atoms with Crippen LogP contribution < -0.4 is 4.87 Å². The maximum atomic E-state index is 11.4. The Hall–Kier alpha value is -0.810. The van der Waals surface area contributed by atoms with Crippen molar-refractivity contribution in [3.8, 4) is 5.88 Å². The first-order valence-corrected chi connectivity index (χ1v) is 6.10. The van der Waals surface area contributed by atoms with Gasteiger partial charge >= 0.3 is 4.87 Å². The van der Waals surface area contributed by atoms with Crippen LogP contribution in [-0.4, -0.2) is 34.7 Å². The molecule has 1 aromatic rings. The van der Waals surface area contributed by atoms with E-state index in [1.807, 2.05) is 0 Å². The molecule has 1 aliphatic rings. The third-order valence-corrected chi connectivity index (χ3v) is 3.79. The van der Waals surface area contributed by atoms with E-state index in [0.29, 0.717) is 12.5 Å². The normalized spacial score (nSPS) is 19.5. The van der Waals surface area contributed by atoms with Crippen molar-refractivity contribution in [2.45, 2.75) is 19.4 Å². The van der Waals surface area contributed by atoms with Crippen molar-refractivity contribution in [3.05, 3.63) is 15.0 Å². The number of thiazole rings is 1. The van der Waals surface area contributed by atoms with E-state index >= 15 is 0 Å². The molecule has 84 valence electrons. The van der Waals surface area contributed by atoms with Crippen LogP contribution in [0.4, 0.5) is 0 Å². The molecule has 0 spiro atoms. The standard InChI is InChI=1S/C10H16N2O2S/c1-11-4-2-8(3-5-11)6-12-9(13)7-15-10(12)14/h7-8,13H,2-6H2,1H3. The number of likely N-dealkylation sites (tertiary alicyclic amines) is 1. The number of aromatic hydroxyl groups is 1. The average molecular weight is 228 g/mol. The van der Waals surface area contributed by atoms with Crippen LogP contribution in [0.3, 0.4) is 0 Å². The molecule has 0 bridgehead atoms. The second kappa shape index (κ2) is 4.37. The fourth-order valence-corrected chi connectivity index (χ4v) is 2.62. The summed E-state index contributed by atoms with van der Waals surface area (Å²) < 4.78 is 1.49. The van der Waals surface area contributed by atoms with Crippen LogP contribution in [0.15, 0.2) is 10.2 Å². The molecule has 0 aromatic carbocycles. The summed E-state index contributed by atoms with van der Waals surface area (Å²) in [4.78, 5) is 13.6. The summed E-state index contributed by atoms with van der Waals surface area (Å²) in [5.74, 6) is 0.642. The van der Waals surface area contributed by atoms with Gasteiger partial charge in [0.25, 0.3) is 0 Å². The summed E-state index contributed by atoms with van der Waals surface area (Å²) in [7, 11) is 2.12. The van der Waals surface area contributed by atoms with Crippen LogP contribution in [0, 0.1) is 5.92 Å². The largest absolute Gasteiger partial charge is 0.494 e. The van der Waals surface area contributed by atoms with Gasteiger partial charge in [-0.25, -0.2) is 0 Å². The smallest absolute Gasteiger partial charge is 0.309 e. The Kier molecular flexibility index (Phi) is 3.11. The van der Waals surface area contributed by atoms with Gasteiger partial charge in [-0.3, -0.25) is 9.36 Å². The Labute approximate surface area is 92.8 Å². The fraction of sp³-hybridized carbons (Fsp3) is 0.700. The zero-order valence-electron chi connectivity index (χ0n) is 8.85. The number of rotatable bonds is 2. The van der Waals surface area contributed by atoms with Gasteiger partial charge in [-0.1, -0.05) is 11.3 Å². The van der Waals surface area contributed by atoms with Crippen LogP contribution in [0.25, 0.3) is 0 Å². The number of piperidine rings is 1. The first-order chi connectivity index (χ1) is 7.16. The number of hydrogen-bond donors (Lipinski definition) is 1. The van der Waals surface area contributed by atoms with E-state index < -0.39 is 0 Å². The lowest BCUT2D eigenvalue weighted by Gasteiger charge is -2.28. The van der Waals surface area contributed by atoms with Crippen molar-refractivity contribution >= 4 is 11.3 Å². The fourth-order valence-electron chi connectivity index (χ4n) is 1.99. The minimum absolute atomic E-state index is 0.0496. The van der Waals surface area contributed by atoms with Crippen LogP contribution in [0.1, 0.15) is 12.8 Å². The quantitative estimate of drug-likeness (QED) is 0.820. The van der Waals surface area contributed by atoms with Crippen LogP contribution in [-0.2, 0) is 6.54 Å². The molecule has 0 unspecified atom stereocenters. The van der Waals surface area contributed by atoms with Gasteiger partial charge in [-0.2, -0.15) is 0 Å². The topological polar surface area (TPSA) is 45.5 Å². The highest BCUT2D eigenvalue weighted by molar-refractivity contribution is 7.07. The van der Waals surface area contributed by atoms with Gasteiger partial charge in [0.05, 0.1) is 5.38 Å². The summed E-state index contributed by atoms with van der Waals surface area (Å²) in [5, 5.41) is 11.0. The molecule has 2 heterocycles. The predicted octanol–water partition coefficient (Wildman–Crippen LogP) is 0.957. The molecule has 1 saturated heterocycles. The van der Waals surface area contributed by atoms with Crippen molar-refractivity contribution in [1.82, 2.24) is 9.47 Å². The Balaban J connectivity index is 2.00. The zero-order chi connectivity index (χ0) is 10.8. The predicted molar refractivity (Wildman–Crippen MR) is 60.5 cm³/mol. The van der Waals surface area contributed by atoms with E-state index in [1.54, 1.807) is 0 Å². The molecule has 4 nitrogen and oxygen atoms in total. The Bertz CT molecular complexity index is 377. The summed E-state index contributed by atoms with van der Waals surface area (Å²) >= 11 is 1.07. The molecule has 0 aliphatic carbocycles. The van der Waals surface area contributed by atoms with Gasteiger partial charge in [-0.15, -0.1) is 0 Å². The summed E-state index contributed by atoms with van der Waals surface area (Å²) in [6.07, 6.45) is 2.22. The first kappa shape index (κ1) is 10.7. The van der Waals surface area contributed by atoms with Crippen molar-refractivity contribution in [2.24, 2.45) is 5.92 Å². The van der Waals surface area contributed by atoms with Gasteiger partial charge < -0.3 is 10.0 Å². The molecular weight excluding hydrogens is 212 g/mol. The molecule has 0 saturated carbocycles. The van der Waals surface area contributed by atoms with Crippen molar-refractivity contribution in [1.29, 1.82) is 0 Å². The minimum Gasteiger partial charge on any atom is -0.494 e. The number of hydrogen-bond acceptors (Lipinski definition) is 4. The molecule has 2 rings (SSSR count). The van der Waals surface area contributed by atoms with E-state index in [2.05, 4.69) is 11.9 Å². The molecule has 1 aromatic heterocycles. The monoisotopic (exact) mass is 228 g/mol. The first-order valence-electron chi connectivity index (χ1n) is 5.22. The molecule has 0 atom stereocenters. The molecule has 15 heavy (non-hydrogen) atoms. The van der Waals surface area contributed by atoms with E-state index in [-0.39, 0.29) is 10.8 Å². The van der Waals surface area contributed by atoms with E-state index in [9.17, 15) is 9.90 Å². The zero-order valence-corrected chi connectivity index (χ0v) is 9.66. The highest BCUT2D eigenvalue weighted by Gasteiger charge is 2.18. The summed E-state index contributed by atoms with van der Waals surface area (Å²) in [6, 6.07) is 0. The molecule has 0 radical (unpaired) electrons. The second-order valence-corrected chi connectivity index (χ2v) is 5.04. The van der Waals surface area contributed by atoms with Crippen LogP contribution in [0.2, 0.25) is 0 Å². The highest BCUT2D eigenvalue weighted by atomic mass is 32.1. The summed E-state index contributed by atoms with van der Waals surface area (Å²) in [6.45, 7) is 2.84. The maximum absolute atomic E-state index is 11.4. The lowest BCUT2D eigenvalue weighted by atomic mass is 9.97. The van der Waals surface area contributed by atoms with Crippen LogP contribution in [0.5, 0.6) is 5.88 Å². The number of aromatic nitrogens is 1. The maximum Gasteiger partial charge on any atom is 0.309 e. The molecule has 5 heteroatoms. The molecule has 1 fully saturated rings. The Morgan fingerprint density at radius 3 is 2.73 bits per heavy atom. The second-order valence-electron chi connectivity index (χ2n) is 4.22. The Morgan fingerprint density at radius 2 is 2.20 bits per heavy atom. The SMILES string of the molecule is CN1CCC(Cn2c(O)csc2=O)CC1. The lowest BCUT2D eigenvalue weighted by Crippen LogP contribution is -2.33. The summed E-state index contributed by atoms with van der Waals surface area (Å²) in [5.41, 5.74) is 0. The van der Waals surface area contributed by atoms with Gasteiger partial charge in [0, 0.05) is 6.54 Å². The van der Waals surface area contributed by atoms with Crippen LogP contribution >= 0.6 is 11.3 Å². The van der Waals surface area contributed by atoms with Gasteiger partial charge in [0.1, 0.15) is 0 Å². The third-order valence-electron chi connectivity index (χ3n) is 3.04. The molecule has 1 N–H and O–H groups in total. The van der Waals surface area contributed by atoms with Gasteiger partial charge in [0.15, 0.2) is 0 Å². The lowest BCUT2D eigenvalue weighted by molar-refractivity contribution is 0.201. The van der Waals surface area contributed by atoms with Gasteiger partial charge in [-0.05, 0) is 38.9 Å². The Morgan fingerprint density at radius 1 is 1.53 bits per heavy atom. The molecule has 1 aliphatic heterocycles. The molecule has 0 amide bonds. The minimum atomic E-state index is -0.0496. The third kappa shape index (κ3) is 2.41. The van der Waals surface area contributed by atoms with Crippen molar-refractivity contribution < 1.29 is 5.11 Å². The number of nitrogens with zero attached hydrogens (tertiary/aromatic N) is 2. The van der Waals surface area contributed by atoms with Crippen molar-refractivity contribution in [2.75, 3.05) is 20.1 Å². The van der Waals surface area contributed by atoms with E-state index in [0.717, 1.165) is 37.3 Å². The average Bonchev–Trinajstić information content (AvgIpc) is 2.53. The highest BCUT2D eigenvalue weighted by Crippen LogP contribution is 2.20.